The van der Waals surface area contributed by atoms with Gasteiger partial charge in [-0.3, -0.25) is 13.9 Å². The van der Waals surface area contributed by atoms with Crippen molar-refractivity contribution in [3.8, 4) is 0 Å². The molecule has 9 heteroatoms. The van der Waals surface area contributed by atoms with E-state index < -0.39 is 28.5 Å². The molecule has 4 aromatic carbocycles. The molecule has 0 fully saturated rings. The Hall–Kier alpha value is -3.95. The third kappa shape index (κ3) is 9.05. The van der Waals surface area contributed by atoms with Crippen LogP contribution in [0.25, 0.3) is 0 Å². The summed E-state index contributed by atoms with van der Waals surface area (Å²) < 4.78 is 30.1. The van der Waals surface area contributed by atoms with Gasteiger partial charge in [0.2, 0.25) is 11.8 Å². The Bertz CT molecular complexity index is 1690. The van der Waals surface area contributed by atoms with Crippen LogP contribution in [0.1, 0.15) is 42.5 Å². The van der Waals surface area contributed by atoms with Crippen LogP contribution in [-0.4, -0.2) is 43.8 Å². The molecule has 7 nitrogen and oxygen atoms in total. The van der Waals surface area contributed by atoms with Gasteiger partial charge in [0.05, 0.1) is 10.6 Å². The van der Waals surface area contributed by atoms with Gasteiger partial charge in [-0.2, -0.15) is 0 Å². The summed E-state index contributed by atoms with van der Waals surface area (Å²) in [5, 5.41) is 3.06. The molecular weight excluding hydrogens is 650 g/mol. The number of aryl methyl sites for hydroxylation is 2. The fourth-order valence-corrected chi connectivity index (χ4v) is 6.68. The molecular formula is C36H40BrN3O4S. The van der Waals surface area contributed by atoms with E-state index in [-0.39, 0.29) is 29.8 Å². The Morgan fingerprint density at radius 3 is 2.04 bits per heavy atom. The highest BCUT2D eigenvalue weighted by Gasteiger charge is 2.35. The summed E-state index contributed by atoms with van der Waals surface area (Å²) in [4.78, 5) is 30.0. The first-order chi connectivity index (χ1) is 21.5. The van der Waals surface area contributed by atoms with Gasteiger partial charge in [0.25, 0.3) is 10.0 Å². The first kappa shape index (κ1) is 33.9. The second-order valence-electron chi connectivity index (χ2n) is 11.3. The molecule has 0 aliphatic carbocycles. The van der Waals surface area contributed by atoms with Crippen molar-refractivity contribution in [2.24, 2.45) is 0 Å². The van der Waals surface area contributed by atoms with E-state index in [1.807, 2.05) is 82.3 Å². The highest BCUT2D eigenvalue weighted by Crippen LogP contribution is 2.27. The average Bonchev–Trinajstić information content (AvgIpc) is 3.02. The van der Waals surface area contributed by atoms with E-state index >= 15 is 0 Å². The average molecular weight is 691 g/mol. The van der Waals surface area contributed by atoms with Crippen LogP contribution in [-0.2, 0) is 32.6 Å². The zero-order chi connectivity index (χ0) is 32.6. The maximum atomic E-state index is 14.5. The Morgan fingerprint density at radius 1 is 0.822 bits per heavy atom. The number of hydrogen-bond donors (Lipinski definition) is 1. The second kappa shape index (κ2) is 15.4. The van der Waals surface area contributed by atoms with E-state index in [9.17, 15) is 18.0 Å². The first-order valence-electron chi connectivity index (χ1n) is 15.0. The summed E-state index contributed by atoms with van der Waals surface area (Å²) in [6, 6.07) is 29.7. The number of hydrogen-bond acceptors (Lipinski definition) is 4. The van der Waals surface area contributed by atoms with Crippen molar-refractivity contribution in [2.75, 3.05) is 10.8 Å². The minimum atomic E-state index is -4.16. The summed E-state index contributed by atoms with van der Waals surface area (Å²) in [6.45, 7) is 7.40. The van der Waals surface area contributed by atoms with E-state index in [4.69, 9.17) is 0 Å². The fraction of sp³-hybridized carbons (Fsp3) is 0.278. The quantitative estimate of drug-likeness (QED) is 0.167. The van der Waals surface area contributed by atoms with Crippen molar-refractivity contribution in [3.05, 3.63) is 130 Å². The fourth-order valence-electron chi connectivity index (χ4n) is 4.88. The lowest BCUT2D eigenvalue weighted by Gasteiger charge is -2.34. The first-order valence-corrected chi connectivity index (χ1v) is 17.3. The standard InChI is InChI=1S/C36H40BrN3O4S/c1-5-28(4)38-36(42)34(22-29-10-7-6-8-11-29)39(24-30-18-14-26(2)15-19-30)35(41)25-40(32-13-9-12-31(37)23-32)45(43,44)33-20-16-27(3)17-21-33/h6-21,23,28,34H,5,22,24-25H2,1-4H3,(H,38,42)/t28-,34-/m0/s1. The second-order valence-corrected chi connectivity index (χ2v) is 14.1. The van der Waals surface area contributed by atoms with Gasteiger partial charge in [0, 0.05) is 23.5 Å². The summed E-state index contributed by atoms with van der Waals surface area (Å²) in [6.07, 6.45) is 0.990. The lowest BCUT2D eigenvalue weighted by molar-refractivity contribution is -0.140. The predicted octanol–water partition coefficient (Wildman–Crippen LogP) is 6.82. The SMILES string of the molecule is CC[C@H](C)NC(=O)[C@H](Cc1ccccc1)N(Cc1ccc(C)cc1)C(=O)CN(c1cccc(Br)c1)S(=O)(=O)c1ccc(C)cc1. The Kier molecular flexibility index (Phi) is 11.6. The number of benzene rings is 4. The molecule has 0 heterocycles. The molecule has 0 saturated heterocycles. The zero-order valence-corrected chi connectivity index (χ0v) is 28.5. The number of anilines is 1. The number of nitrogens with one attached hydrogen (secondary N) is 1. The van der Waals surface area contributed by atoms with Crippen molar-refractivity contribution in [3.63, 3.8) is 0 Å². The molecule has 1 N–H and O–H groups in total. The van der Waals surface area contributed by atoms with Gasteiger partial charge in [-0.25, -0.2) is 8.42 Å². The number of carbonyl (C=O) groups is 2. The Balaban J connectivity index is 1.80. The molecule has 2 atom stereocenters. The van der Waals surface area contributed by atoms with E-state index in [0.29, 0.717) is 10.2 Å². The van der Waals surface area contributed by atoms with Crippen LogP contribution in [0.5, 0.6) is 0 Å². The Labute approximate surface area is 275 Å². The van der Waals surface area contributed by atoms with E-state index in [0.717, 1.165) is 33.0 Å². The summed E-state index contributed by atoms with van der Waals surface area (Å²) in [5.74, 6) is -0.782. The number of rotatable bonds is 13. The Morgan fingerprint density at radius 2 is 1.44 bits per heavy atom. The third-order valence-electron chi connectivity index (χ3n) is 7.73. The van der Waals surface area contributed by atoms with E-state index in [1.54, 1.807) is 48.5 Å². The van der Waals surface area contributed by atoms with Crippen LogP contribution < -0.4 is 9.62 Å². The number of nitrogens with zero attached hydrogens (tertiary/aromatic N) is 2. The molecule has 0 aromatic heterocycles. The molecule has 45 heavy (non-hydrogen) atoms. The van der Waals surface area contributed by atoms with Crippen LogP contribution in [0.3, 0.4) is 0 Å². The van der Waals surface area contributed by atoms with Crippen LogP contribution >= 0.6 is 15.9 Å². The normalized spacial score (nSPS) is 12.6. The smallest absolute Gasteiger partial charge is 0.264 e. The van der Waals surface area contributed by atoms with Crippen molar-refractivity contribution in [1.82, 2.24) is 10.2 Å². The van der Waals surface area contributed by atoms with Crippen LogP contribution in [0.4, 0.5) is 5.69 Å². The molecule has 0 aliphatic heterocycles. The van der Waals surface area contributed by atoms with Crippen LogP contribution in [0.2, 0.25) is 0 Å². The number of carbonyl (C=O) groups excluding carboxylic acids is 2. The van der Waals surface area contributed by atoms with Crippen molar-refractivity contribution in [2.45, 2.75) is 64.1 Å². The van der Waals surface area contributed by atoms with Gasteiger partial charge in [-0.05, 0) is 68.7 Å². The zero-order valence-electron chi connectivity index (χ0n) is 26.1. The molecule has 4 aromatic rings. The number of sulfonamides is 1. The summed E-state index contributed by atoms with van der Waals surface area (Å²) >= 11 is 3.45. The molecule has 2 amide bonds. The molecule has 236 valence electrons. The van der Waals surface area contributed by atoms with Gasteiger partial charge >= 0.3 is 0 Å². The van der Waals surface area contributed by atoms with E-state index in [1.165, 1.54) is 4.90 Å². The largest absolute Gasteiger partial charge is 0.352 e. The lowest BCUT2D eigenvalue weighted by atomic mass is 10.0. The van der Waals surface area contributed by atoms with Crippen molar-refractivity contribution < 1.29 is 18.0 Å². The lowest BCUT2D eigenvalue weighted by Crippen LogP contribution is -2.54. The molecule has 0 saturated carbocycles. The van der Waals surface area contributed by atoms with Gasteiger partial charge < -0.3 is 10.2 Å². The molecule has 0 aliphatic rings. The number of amides is 2. The topological polar surface area (TPSA) is 86.8 Å². The van der Waals surface area contributed by atoms with Crippen molar-refractivity contribution in [1.29, 1.82) is 0 Å². The maximum Gasteiger partial charge on any atom is 0.264 e. The maximum absolute atomic E-state index is 14.5. The minimum absolute atomic E-state index is 0.0707. The summed E-state index contributed by atoms with van der Waals surface area (Å²) in [5.41, 5.74) is 4.03. The van der Waals surface area contributed by atoms with Gasteiger partial charge in [-0.15, -0.1) is 0 Å². The third-order valence-corrected chi connectivity index (χ3v) is 10.0. The summed E-state index contributed by atoms with van der Waals surface area (Å²) in [7, 11) is -4.16. The molecule has 0 radical (unpaired) electrons. The molecule has 4 rings (SSSR count). The predicted molar refractivity (Wildman–Crippen MR) is 183 cm³/mol. The molecule has 0 unspecified atom stereocenters. The highest BCUT2D eigenvalue weighted by atomic mass is 79.9. The van der Waals surface area contributed by atoms with Gasteiger partial charge in [-0.1, -0.05) is 107 Å². The minimum Gasteiger partial charge on any atom is -0.352 e. The van der Waals surface area contributed by atoms with Crippen molar-refractivity contribution >= 4 is 43.5 Å². The monoisotopic (exact) mass is 689 g/mol. The van der Waals surface area contributed by atoms with Gasteiger partial charge in [0.15, 0.2) is 0 Å². The number of halogens is 1. The van der Waals surface area contributed by atoms with Crippen LogP contribution in [0.15, 0.2) is 112 Å². The highest BCUT2D eigenvalue weighted by molar-refractivity contribution is 9.10. The van der Waals surface area contributed by atoms with Gasteiger partial charge in [0.1, 0.15) is 12.6 Å². The molecule has 0 spiro atoms. The van der Waals surface area contributed by atoms with Crippen LogP contribution in [0, 0.1) is 13.8 Å². The molecule has 0 bridgehead atoms. The van der Waals surface area contributed by atoms with E-state index in [2.05, 4.69) is 21.2 Å².